The first-order valence-corrected chi connectivity index (χ1v) is 6.05. The maximum absolute atomic E-state index is 11.8. The van der Waals surface area contributed by atoms with Gasteiger partial charge in [-0.15, -0.1) is 0 Å². The predicted molar refractivity (Wildman–Crippen MR) is 71.9 cm³/mol. The van der Waals surface area contributed by atoms with Gasteiger partial charge < -0.3 is 10.6 Å². The lowest BCUT2D eigenvalue weighted by Crippen LogP contribution is -2.39. The molecule has 0 atom stereocenters. The highest BCUT2D eigenvalue weighted by Gasteiger charge is 2.20. The van der Waals surface area contributed by atoms with Crippen molar-refractivity contribution in [3.8, 4) is 0 Å². The van der Waals surface area contributed by atoms with Gasteiger partial charge in [0, 0.05) is 18.9 Å². The van der Waals surface area contributed by atoms with Crippen molar-refractivity contribution in [2.75, 3.05) is 0 Å². The Labute approximate surface area is 116 Å². The van der Waals surface area contributed by atoms with E-state index in [-0.39, 0.29) is 13.1 Å². The first kappa shape index (κ1) is 13.7. The fourth-order valence-corrected chi connectivity index (χ4v) is 1.74. The van der Waals surface area contributed by atoms with E-state index in [2.05, 4.69) is 9.97 Å². The Balaban J connectivity index is 2.17. The van der Waals surface area contributed by atoms with Crippen molar-refractivity contribution in [2.45, 2.75) is 13.1 Å². The third-order valence-electron chi connectivity index (χ3n) is 2.67. The number of benzene rings is 1. The molecule has 6 nitrogen and oxygen atoms in total. The molecule has 0 spiro atoms. The second kappa shape index (κ2) is 6.42. The number of nitrogens with zero attached hydrogens (tertiary/aromatic N) is 3. The lowest BCUT2D eigenvalue weighted by Gasteiger charge is -2.20. The minimum Gasteiger partial charge on any atom is -0.361 e. The molecule has 0 saturated carbocycles. The highest BCUT2D eigenvalue weighted by Crippen LogP contribution is 2.07. The predicted octanol–water partition coefficient (Wildman–Crippen LogP) is 0.491. The summed E-state index contributed by atoms with van der Waals surface area (Å²) in [5, 5.41) is 0. The molecule has 0 saturated heterocycles. The zero-order valence-electron chi connectivity index (χ0n) is 10.8. The average Bonchev–Trinajstić information content (AvgIpc) is 2.48. The smallest absolute Gasteiger partial charge is 0.312 e. The van der Waals surface area contributed by atoms with Crippen LogP contribution in [0.25, 0.3) is 0 Å². The molecule has 0 radical (unpaired) electrons. The van der Waals surface area contributed by atoms with Crippen molar-refractivity contribution in [2.24, 2.45) is 5.73 Å². The number of carbonyl (C=O) groups excluding carboxylic acids is 2. The minimum absolute atomic E-state index is 0.136. The topological polar surface area (TPSA) is 89.2 Å². The van der Waals surface area contributed by atoms with Gasteiger partial charge in [-0.25, -0.2) is 9.97 Å². The summed E-state index contributed by atoms with van der Waals surface area (Å²) >= 11 is 0. The molecule has 6 heteroatoms. The maximum atomic E-state index is 11.8. The van der Waals surface area contributed by atoms with Crippen LogP contribution in [0.4, 0.5) is 0 Å². The molecule has 0 aliphatic rings. The van der Waals surface area contributed by atoms with Gasteiger partial charge in [-0.3, -0.25) is 9.59 Å². The van der Waals surface area contributed by atoms with Gasteiger partial charge in [0.15, 0.2) is 0 Å². The van der Waals surface area contributed by atoms with Crippen LogP contribution in [0, 0.1) is 0 Å². The highest BCUT2D eigenvalue weighted by molar-refractivity contribution is 6.34. The van der Waals surface area contributed by atoms with Crippen molar-refractivity contribution in [1.29, 1.82) is 0 Å². The van der Waals surface area contributed by atoms with E-state index >= 15 is 0 Å². The number of hydrogen-bond donors (Lipinski definition) is 1. The molecule has 2 amide bonds. The van der Waals surface area contributed by atoms with Crippen molar-refractivity contribution in [1.82, 2.24) is 14.9 Å². The molecular formula is C14H14N4O2. The summed E-state index contributed by atoms with van der Waals surface area (Å²) < 4.78 is 0. The van der Waals surface area contributed by atoms with E-state index in [0.717, 1.165) is 5.56 Å². The first-order chi connectivity index (χ1) is 9.66. The van der Waals surface area contributed by atoms with E-state index in [9.17, 15) is 9.59 Å². The summed E-state index contributed by atoms with van der Waals surface area (Å²) in [6.45, 7) is 0.415. The van der Waals surface area contributed by atoms with Crippen LogP contribution in [0.15, 0.2) is 48.8 Å². The van der Waals surface area contributed by atoms with Gasteiger partial charge in [0.05, 0.1) is 6.54 Å². The van der Waals surface area contributed by atoms with Crippen LogP contribution < -0.4 is 5.73 Å². The molecule has 0 unspecified atom stereocenters. The largest absolute Gasteiger partial charge is 0.361 e. The summed E-state index contributed by atoms with van der Waals surface area (Å²) in [5.41, 5.74) is 5.97. The van der Waals surface area contributed by atoms with Crippen LogP contribution in [-0.2, 0) is 22.7 Å². The second-order valence-electron chi connectivity index (χ2n) is 4.18. The van der Waals surface area contributed by atoms with Crippen LogP contribution in [0.5, 0.6) is 0 Å². The van der Waals surface area contributed by atoms with E-state index in [1.165, 1.54) is 4.90 Å². The quantitative estimate of drug-likeness (QED) is 0.819. The molecule has 0 aliphatic heterocycles. The Morgan fingerprint density at radius 3 is 2.25 bits per heavy atom. The van der Waals surface area contributed by atoms with Gasteiger partial charge in [0.25, 0.3) is 0 Å². The minimum atomic E-state index is -0.989. The van der Waals surface area contributed by atoms with Crippen LogP contribution >= 0.6 is 0 Å². The Kier molecular flexibility index (Phi) is 4.39. The van der Waals surface area contributed by atoms with Crippen LogP contribution in [0.1, 0.15) is 11.4 Å². The number of primary amides is 1. The van der Waals surface area contributed by atoms with Crippen LogP contribution in [0.2, 0.25) is 0 Å². The molecule has 0 fully saturated rings. The maximum Gasteiger partial charge on any atom is 0.312 e. The lowest BCUT2D eigenvalue weighted by molar-refractivity contribution is -0.145. The number of hydrogen-bond acceptors (Lipinski definition) is 4. The van der Waals surface area contributed by atoms with E-state index < -0.39 is 11.8 Å². The first-order valence-electron chi connectivity index (χ1n) is 6.05. The molecule has 0 bridgehead atoms. The molecule has 1 heterocycles. The van der Waals surface area contributed by atoms with Gasteiger partial charge in [-0.05, 0) is 11.6 Å². The molecule has 2 N–H and O–H groups in total. The molecule has 102 valence electrons. The molecule has 1 aromatic carbocycles. The summed E-state index contributed by atoms with van der Waals surface area (Å²) in [7, 11) is 0. The van der Waals surface area contributed by atoms with Gasteiger partial charge in [0.2, 0.25) is 0 Å². The van der Waals surface area contributed by atoms with E-state index in [1.807, 2.05) is 30.3 Å². The molecule has 2 aromatic rings. The average molecular weight is 270 g/mol. The van der Waals surface area contributed by atoms with E-state index in [0.29, 0.717) is 5.82 Å². The van der Waals surface area contributed by atoms with Gasteiger partial charge in [-0.2, -0.15) is 0 Å². The number of aromatic nitrogens is 2. The fraction of sp³-hybridized carbons (Fsp3) is 0.143. The standard InChI is InChI=1S/C14H14N4O2/c15-13(19)14(20)18(9-11-5-2-1-3-6-11)10-12-16-7-4-8-17-12/h1-8H,9-10H2,(H2,15,19). The van der Waals surface area contributed by atoms with Crippen LogP contribution in [0.3, 0.4) is 0 Å². The molecular weight excluding hydrogens is 256 g/mol. The molecule has 20 heavy (non-hydrogen) atoms. The Morgan fingerprint density at radius 1 is 1.00 bits per heavy atom. The summed E-state index contributed by atoms with van der Waals surface area (Å²) in [4.78, 5) is 32.4. The Bertz CT molecular complexity index is 545. The lowest BCUT2D eigenvalue weighted by atomic mass is 10.2. The van der Waals surface area contributed by atoms with Crippen molar-refractivity contribution < 1.29 is 9.59 Å². The van der Waals surface area contributed by atoms with Crippen molar-refractivity contribution in [3.63, 3.8) is 0 Å². The third kappa shape index (κ3) is 3.61. The monoisotopic (exact) mass is 270 g/mol. The zero-order chi connectivity index (χ0) is 14.4. The number of nitrogens with two attached hydrogens (primary N) is 1. The van der Waals surface area contributed by atoms with E-state index in [4.69, 9.17) is 5.73 Å². The van der Waals surface area contributed by atoms with Gasteiger partial charge in [-0.1, -0.05) is 30.3 Å². The van der Waals surface area contributed by atoms with Gasteiger partial charge >= 0.3 is 11.8 Å². The fourth-order valence-electron chi connectivity index (χ4n) is 1.74. The third-order valence-corrected chi connectivity index (χ3v) is 2.67. The number of carbonyl (C=O) groups is 2. The Morgan fingerprint density at radius 2 is 1.65 bits per heavy atom. The molecule has 2 rings (SSSR count). The highest BCUT2D eigenvalue weighted by atomic mass is 16.2. The van der Waals surface area contributed by atoms with E-state index in [1.54, 1.807) is 18.5 Å². The Hall–Kier alpha value is -2.76. The SMILES string of the molecule is NC(=O)C(=O)N(Cc1ccccc1)Cc1ncccn1. The van der Waals surface area contributed by atoms with Crippen molar-refractivity contribution >= 4 is 11.8 Å². The van der Waals surface area contributed by atoms with Crippen LogP contribution in [-0.4, -0.2) is 26.7 Å². The number of rotatable bonds is 4. The summed E-state index contributed by atoms with van der Waals surface area (Å²) in [5.74, 6) is -1.28. The summed E-state index contributed by atoms with van der Waals surface area (Å²) in [6.07, 6.45) is 3.16. The molecule has 0 aliphatic carbocycles. The normalized spacial score (nSPS) is 10.0. The van der Waals surface area contributed by atoms with Crippen molar-refractivity contribution in [3.05, 3.63) is 60.2 Å². The summed E-state index contributed by atoms with van der Waals surface area (Å²) in [6, 6.07) is 11.0. The second-order valence-corrected chi connectivity index (χ2v) is 4.18. The molecule has 1 aromatic heterocycles. The van der Waals surface area contributed by atoms with Gasteiger partial charge in [0.1, 0.15) is 5.82 Å². The number of amides is 2. The zero-order valence-corrected chi connectivity index (χ0v) is 10.8.